The molecule has 4 rings (SSSR count). The van der Waals surface area contributed by atoms with Crippen LogP contribution in [0.1, 0.15) is 65.3 Å². The second-order valence-electron chi connectivity index (χ2n) is 10.5. The van der Waals surface area contributed by atoms with Crippen molar-refractivity contribution in [3.05, 3.63) is 129 Å². The molecule has 2 heteroatoms. The quantitative estimate of drug-likeness (QED) is 0.288. The van der Waals surface area contributed by atoms with E-state index in [9.17, 15) is 5.11 Å². The number of rotatable bonds is 6. The van der Waals surface area contributed by atoms with Gasteiger partial charge in [-0.25, -0.2) is 0 Å². The van der Waals surface area contributed by atoms with Crippen LogP contribution in [0.25, 0.3) is 0 Å². The maximum absolute atomic E-state index is 11.1. The molecule has 35 heavy (non-hydrogen) atoms. The Hall–Kier alpha value is -3.65. The zero-order valence-electron chi connectivity index (χ0n) is 21.5. The van der Waals surface area contributed by atoms with Crippen LogP contribution in [-0.4, -0.2) is 11.3 Å². The SMILES string of the molecule is Cc1cc(Cc2ccccc2)c(N=Cc2cc(C)cc(C(C)(C)C)c2O)c(Cc2ccccc2)c1. The number of hydrogen-bond donors (Lipinski definition) is 1. The average molecular weight is 462 g/mol. The summed E-state index contributed by atoms with van der Waals surface area (Å²) in [6.07, 6.45) is 3.46. The van der Waals surface area contributed by atoms with E-state index in [1.807, 2.05) is 24.4 Å². The Bertz CT molecular complexity index is 1270. The van der Waals surface area contributed by atoms with Gasteiger partial charge >= 0.3 is 0 Å². The van der Waals surface area contributed by atoms with Crippen molar-refractivity contribution in [2.75, 3.05) is 0 Å². The third-order valence-electron chi connectivity index (χ3n) is 6.31. The van der Waals surface area contributed by atoms with Gasteiger partial charge in [-0.1, -0.05) is 105 Å². The van der Waals surface area contributed by atoms with E-state index in [2.05, 4.69) is 101 Å². The summed E-state index contributed by atoms with van der Waals surface area (Å²) in [6, 6.07) is 29.6. The predicted molar refractivity (Wildman–Crippen MR) is 148 cm³/mol. The molecule has 4 aromatic carbocycles. The minimum atomic E-state index is -0.153. The van der Waals surface area contributed by atoms with Crippen molar-refractivity contribution < 1.29 is 5.11 Å². The van der Waals surface area contributed by atoms with Gasteiger partial charge in [-0.05, 0) is 66.0 Å². The van der Waals surface area contributed by atoms with Gasteiger partial charge < -0.3 is 5.11 Å². The summed E-state index contributed by atoms with van der Waals surface area (Å²) in [4.78, 5) is 5.05. The van der Waals surface area contributed by atoms with E-state index in [1.165, 1.54) is 27.8 Å². The topological polar surface area (TPSA) is 32.6 Å². The van der Waals surface area contributed by atoms with Crippen molar-refractivity contribution in [3.8, 4) is 5.75 Å². The van der Waals surface area contributed by atoms with Gasteiger partial charge in [0.15, 0.2) is 0 Å². The zero-order chi connectivity index (χ0) is 25.0. The monoisotopic (exact) mass is 461 g/mol. The maximum atomic E-state index is 11.1. The second-order valence-corrected chi connectivity index (χ2v) is 10.5. The van der Waals surface area contributed by atoms with Gasteiger partial charge in [-0.15, -0.1) is 0 Å². The van der Waals surface area contributed by atoms with Crippen molar-refractivity contribution in [1.29, 1.82) is 0 Å². The van der Waals surface area contributed by atoms with Gasteiger partial charge in [0.1, 0.15) is 5.75 Å². The molecule has 0 atom stereocenters. The van der Waals surface area contributed by atoms with Crippen LogP contribution in [0.5, 0.6) is 5.75 Å². The van der Waals surface area contributed by atoms with Crippen LogP contribution in [-0.2, 0) is 18.3 Å². The number of benzene rings is 4. The second kappa shape index (κ2) is 10.3. The molecule has 2 nitrogen and oxygen atoms in total. The van der Waals surface area contributed by atoms with Crippen molar-refractivity contribution in [2.24, 2.45) is 4.99 Å². The van der Waals surface area contributed by atoms with Gasteiger partial charge in [0.25, 0.3) is 0 Å². The van der Waals surface area contributed by atoms with Gasteiger partial charge in [-0.2, -0.15) is 0 Å². The van der Waals surface area contributed by atoms with E-state index >= 15 is 0 Å². The van der Waals surface area contributed by atoms with E-state index in [0.717, 1.165) is 35.2 Å². The van der Waals surface area contributed by atoms with Crippen molar-refractivity contribution in [1.82, 2.24) is 0 Å². The fraction of sp³-hybridized carbons (Fsp3) is 0.242. The molecule has 1 N–H and O–H groups in total. The lowest BCUT2D eigenvalue weighted by molar-refractivity contribution is 0.445. The average Bonchev–Trinajstić information content (AvgIpc) is 2.81. The molecule has 0 aromatic heterocycles. The third-order valence-corrected chi connectivity index (χ3v) is 6.31. The fourth-order valence-corrected chi connectivity index (χ4v) is 4.61. The first-order valence-corrected chi connectivity index (χ1v) is 12.3. The number of aryl methyl sites for hydroxylation is 2. The predicted octanol–water partition coefficient (Wildman–Crippen LogP) is 8.24. The summed E-state index contributed by atoms with van der Waals surface area (Å²) in [6.45, 7) is 10.6. The first-order valence-electron chi connectivity index (χ1n) is 12.3. The number of aliphatic imine (C=N–C) groups is 1. The molecule has 0 saturated carbocycles. The van der Waals surface area contributed by atoms with Crippen molar-refractivity contribution in [2.45, 2.75) is 52.9 Å². The van der Waals surface area contributed by atoms with Crippen molar-refractivity contribution in [3.63, 3.8) is 0 Å². The first kappa shape index (κ1) is 24.5. The Morgan fingerprint density at radius 3 is 1.69 bits per heavy atom. The van der Waals surface area contributed by atoms with Crippen LogP contribution < -0.4 is 0 Å². The molecule has 0 bridgehead atoms. The normalized spacial score (nSPS) is 11.8. The third kappa shape index (κ3) is 6.08. The first-order chi connectivity index (χ1) is 16.7. The van der Waals surface area contributed by atoms with Gasteiger partial charge in [0, 0.05) is 17.3 Å². The number of phenolic OH excluding ortho intramolecular Hbond substituents is 1. The molecule has 0 aliphatic heterocycles. The van der Waals surface area contributed by atoms with Gasteiger partial charge in [-0.3, -0.25) is 4.99 Å². The van der Waals surface area contributed by atoms with E-state index < -0.39 is 0 Å². The summed E-state index contributed by atoms with van der Waals surface area (Å²) in [5, 5.41) is 11.1. The number of nitrogens with zero attached hydrogens (tertiary/aromatic N) is 1. The standard InChI is InChI=1S/C33H35NO/c1-23-16-27(20-25-12-8-6-9-13-25)31(28(17-23)21-26-14-10-7-11-15-26)34-22-29-18-24(2)19-30(32(29)35)33(3,4)5/h6-19,22,35H,20-21H2,1-5H3. The molecule has 0 spiro atoms. The minimum Gasteiger partial charge on any atom is -0.507 e. The summed E-state index contributed by atoms with van der Waals surface area (Å²) in [7, 11) is 0. The lowest BCUT2D eigenvalue weighted by atomic mass is 9.84. The molecule has 0 saturated heterocycles. The van der Waals surface area contributed by atoms with Crippen LogP contribution in [0.4, 0.5) is 5.69 Å². The highest BCUT2D eigenvalue weighted by atomic mass is 16.3. The molecular weight excluding hydrogens is 426 g/mol. The van der Waals surface area contributed by atoms with E-state index in [0.29, 0.717) is 5.75 Å². The Kier molecular flexibility index (Phi) is 7.21. The lowest BCUT2D eigenvalue weighted by Crippen LogP contribution is -2.12. The van der Waals surface area contributed by atoms with E-state index in [4.69, 9.17) is 4.99 Å². The molecule has 0 heterocycles. The molecule has 178 valence electrons. The fourth-order valence-electron chi connectivity index (χ4n) is 4.61. The Balaban J connectivity index is 1.83. The summed E-state index contributed by atoms with van der Waals surface area (Å²) in [5.41, 5.74) is 9.79. The Labute approximate surface area is 210 Å². The number of hydrogen-bond acceptors (Lipinski definition) is 2. The smallest absolute Gasteiger partial charge is 0.128 e. The van der Waals surface area contributed by atoms with Crippen LogP contribution in [0, 0.1) is 13.8 Å². The summed E-state index contributed by atoms with van der Waals surface area (Å²) >= 11 is 0. The molecule has 4 aromatic rings. The molecule has 0 aliphatic rings. The molecule has 0 fully saturated rings. The Morgan fingerprint density at radius 1 is 0.714 bits per heavy atom. The van der Waals surface area contributed by atoms with Gasteiger partial charge in [0.05, 0.1) is 5.69 Å². The van der Waals surface area contributed by atoms with E-state index in [-0.39, 0.29) is 5.41 Å². The Morgan fingerprint density at radius 2 is 1.20 bits per heavy atom. The van der Waals surface area contributed by atoms with Crippen molar-refractivity contribution >= 4 is 11.9 Å². The summed E-state index contributed by atoms with van der Waals surface area (Å²) < 4.78 is 0. The molecule has 0 aliphatic carbocycles. The lowest BCUT2D eigenvalue weighted by Gasteiger charge is -2.22. The highest BCUT2D eigenvalue weighted by Gasteiger charge is 2.20. The minimum absolute atomic E-state index is 0.153. The number of phenols is 1. The van der Waals surface area contributed by atoms with E-state index in [1.54, 1.807) is 0 Å². The summed E-state index contributed by atoms with van der Waals surface area (Å²) in [5.74, 6) is 0.313. The largest absolute Gasteiger partial charge is 0.507 e. The van der Waals surface area contributed by atoms with Crippen LogP contribution >= 0.6 is 0 Å². The maximum Gasteiger partial charge on any atom is 0.128 e. The number of aromatic hydroxyl groups is 1. The molecule has 0 amide bonds. The highest BCUT2D eigenvalue weighted by molar-refractivity contribution is 5.87. The van der Waals surface area contributed by atoms with Crippen LogP contribution in [0.2, 0.25) is 0 Å². The van der Waals surface area contributed by atoms with Crippen LogP contribution in [0.3, 0.4) is 0 Å². The molecule has 0 radical (unpaired) electrons. The molecule has 0 unspecified atom stereocenters. The highest BCUT2D eigenvalue weighted by Crippen LogP contribution is 2.35. The van der Waals surface area contributed by atoms with Crippen LogP contribution in [0.15, 0.2) is 89.9 Å². The van der Waals surface area contributed by atoms with Gasteiger partial charge in [0.2, 0.25) is 0 Å². The zero-order valence-corrected chi connectivity index (χ0v) is 21.5. The molecular formula is C33H35NO.